The van der Waals surface area contributed by atoms with Crippen LogP contribution in [0.15, 0.2) is 53.6 Å². The van der Waals surface area contributed by atoms with Crippen LogP contribution in [0, 0.1) is 24.0 Å². The average Bonchev–Trinajstić information content (AvgIpc) is 3.01. The van der Waals surface area contributed by atoms with E-state index in [4.69, 9.17) is 0 Å². The molecule has 28 heavy (non-hydrogen) atoms. The Morgan fingerprint density at radius 2 is 1.93 bits per heavy atom. The number of amides is 1. The Morgan fingerprint density at radius 3 is 2.46 bits per heavy atom. The molecule has 1 atom stereocenters. The van der Waals surface area contributed by atoms with E-state index in [-0.39, 0.29) is 16.8 Å². The van der Waals surface area contributed by atoms with Crippen molar-refractivity contribution in [2.45, 2.75) is 30.9 Å². The summed E-state index contributed by atoms with van der Waals surface area (Å²) in [4.78, 5) is 27.8. The van der Waals surface area contributed by atoms with Gasteiger partial charge in [0, 0.05) is 22.7 Å². The molecule has 0 spiro atoms. The number of hydrogen-bond acceptors (Lipinski definition) is 6. The van der Waals surface area contributed by atoms with E-state index in [9.17, 15) is 14.9 Å². The van der Waals surface area contributed by atoms with Gasteiger partial charge in [0.2, 0.25) is 5.91 Å². The predicted molar refractivity (Wildman–Crippen MR) is 108 cm³/mol. The van der Waals surface area contributed by atoms with Crippen LogP contribution in [0.4, 0.5) is 11.4 Å². The molecular formula is C19H19N5O3S. The first-order valence-corrected chi connectivity index (χ1v) is 9.43. The summed E-state index contributed by atoms with van der Waals surface area (Å²) in [6.07, 6.45) is 1.59. The number of nitro benzene ring substituents is 1. The number of nitro groups is 1. The van der Waals surface area contributed by atoms with Gasteiger partial charge in [-0.1, -0.05) is 0 Å². The zero-order valence-corrected chi connectivity index (χ0v) is 16.4. The molecule has 0 fully saturated rings. The summed E-state index contributed by atoms with van der Waals surface area (Å²) in [5, 5.41) is 17.5. The summed E-state index contributed by atoms with van der Waals surface area (Å²) in [7, 11) is 0. The van der Waals surface area contributed by atoms with Crippen LogP contribution >= 0.6 is 11.8 Å². The summed E-state index contributed by atoms with van der Waals surface area (Å²) in [5.74, 6) is 0.501. The van der Waals surface area contributed by atoms with Crippen LogP contribution in [0.1, 0.15) is 18.3 Å². The van der Waals surface area contributed by atoms with Gasteiger partial charge in [-0.25, -0.2) is 9.67 Å². The molecular weight excluding hydrogens is 378 g/mol. The number of hydrogen-bond donors (Lipinski definition) is 1. The molecule has 9 heteroatoms. The monoisotopic (exact) mass is 397 g/mol. The number of aromatic nitrogens is 3. The molecule has 1 aromatic carbocycles. The number of carbonyl (C=O) groups is 1. The van der Waals surface area contributed by atoms with Crippen molar-refractivity contribution >= 4 is 29.0 Å². The van der Waals surface area contributed by atoms with Crippen LogP contribution in [0.2, 0.25) is 0 Å². The van der Waals surface area contributed by atoms with Crippen molar-refractivity contribution in [3.8, 4) is 5.82 Å². The molecule has 144 valence electrons. The quantitative estimate of drug-likeness (QED) is 0.384. The number of carbonyl (C=O) groups excluding carboxylic acids is 1. The maximum Gasteiger partial charge on any atom is 0.269 e. The fourth-order valence-electron chi connectivity index (χ4n) is 2.59. The van der Waals surface area contributed by atoms with E-state index in [1.54, 1.807) is 42.1 Å². The van der Waals surface area contributed by atoms with Gasteiger partial charge >= 0.3 is 0 Å². The Morgan fingerprint density at radius 1 is 1.21 bits per heavy atom. The van der Waals surface area contributed by atoms with Crippen molar-refractivity contribution < 1.29 is 9.72 Å². The van der Waals surface area contributed by atoms with Gasteiger partial charge in [-0.15, -0.1) is 11.8 Å². The van der Waals surface area contributed by atoms with Crippen molar-refractivity contribution in [3.63, 3.8) is 0 Å². The van der Waals surface area contributed by atoms with Crippen LogP contribution < -0.4 is 5.32 Å². The molecule has 2 aromatic heterocycles. The highest BCUT2D eigenvalue weighted by Gasteiger charge is 2.16. The third kappa shape index (κ3) is 4.55. The normalized spacial score (nSPS) is 11.8. The van der Waals surface area contributed by atoms with Crippen molar-refractivity contribution in [3.05, 3.63) is 70.2 Å². The Balaban J connectivity index is 1.62. The van der Waals surface area contributed by atoms with Crippen molar-refractivity contribution in [1.29, 1.82) is 0 Å². The highest BCUT2D eigenvalue weighted by Crippen LogP contribution is 2.26. The number of benzene rings is 1. The van der Waals surface area contributed by atoms with E-state index in [0.29, 0.717) is 11.5 Å². The van der Waals surface area contributed by atoms with Crippen LogP contribution in [0.3, 0.4) is 0 Å². The van der Waals surface area contributed by atoms with Gasteiger partial charge in [0.25, 0.3) is 5.69 Å². The highest BCUT2D eigenvalue weighted by molar-refractivity contribution is 8.00. The lowest BCUT2D eigenvalue weighted by atomic mass is 10.3. The fourth-order valence-corrected chi connectivity index (χ4v) is 3.46. The zero-order chi connectivity index (χ0) is 20.3. The number of anilines is 1. The number of rotatable bonds is 6. The zero-order valence-electron chi connectivity index (χ0n) is 15.6. The van der Waals surface area contributed by atoms with Gasteiger partial charge in [-0.2, -0.15) is 5.10 Å². The molecule has 0 radical (unpaired) electrons. The van der Waals surface area contributed by atoms with Gasteiger partial charge in [0.15, 0.2) is 5.82 Å². The van der Waals surface area contributed by atoms with Crippen LogP contribution in [0.5, 0.6) is 0 Å². The number of pyridine rings is 1. The van der Waals surface area contributed by atoms with Crippen molar-refractivity contribution in [2.24, 2.45) is 0 Å². The van der Waals surface area contributed by atoms with Crippen LogP contribution in [-0.4, -0.2) is 30.8 Å². The second-order valence-electron chi connectivity index (χ2n) is 6.24. The van der Waals surface area contributed by atoms with E-state index >= 15 is 0 Å². The molecule has 0 bridgehead atoms. The highest BCUT2D eigenvalue weighted by atomic mass is 32.2. The van der Waals surface area contributed by atoms with Crippen molar-refractivity contribution in [1.82, 2.24) is 14.8 Å². The maximum absolute atomic E-state index is 12.4. The topological polar surface area (TPSA) is 103 Å². The number of thioether (sulfide) groups is 1. The summed E-state index contributed by atoms with van der Waals surface area (Å²) in [6, 6.07) is 11.7. The van der Waals surface area contributed by atoms with E-state index in [0.717, 1.165) is 16.3 Å². The molecule has 0 aliphatic heterocycles. The molecule has 8 nitrogen and oxygen atoms in total. The number of non-ortho nitro benzene ring substituents is 1. The number of nitrogens with one attached hydrogen (secondary N) is 1. The maximum atomic E-state index is 12.4. The summed E-state index contributed by atoms with van der Waals surface area (Å²) in [6.45, 7) is 5.65. The van der Waals surface area contributed by atoms with Gasteiger partial charge in [0.05, 0.1) is 27.8 Å². The van der Waals surface area contributed by atoms with Crippen molar-refractivity contribution in [2.75, 3.05) is 5.32 Å². The van der Waals surface area contributed by atoms with Gasteiger partial charge in [0.1, 0.15) is 0 Å². The molecule has 0 saturated carbocycles. The minimum atomic E-state index is -0.451. The third-order valence-corrected chi connectivity index (χ3v) is 5.08. The molecule has 2 heterocycles. The molecule has 0 saturated heterocycles. The smallest absolute Gasteiger partial charge is 0.269 e. The molecule has 1 unspecified atom stereocenters. The molecule has 1 amide bonds. The van der Waals surface area contributed by atoms with E-state index in [1.807, 2.05) is 19.9 Å². The Hall–Kier alpha value is -3.20. The first kappa shape index (κ1) is 19.6. The summed E-state index contributed by atoms with van der Waals surface area (Å²) < 4.78 is 1.74. The third-order valence-electron chi connectivity index (χ3n) is 3.97. The van der Waals surface area contributed by atoms with Crippen LogP contribution in [0.25, 0.3) is 5.82 Å². The number of nitrogens with zero attached hydrogens (tertiary/aromatic N) is 4. The molecule has 0 aliphatic carbocycles. The molecule has 3 aromatic rings. The Bertz CT molecular complexity index is 999. The Kier molecular flexibility index (Phi) is 5.74. The van der Waals surface area contributed by atoms with E-state index < -0.39 is 4.92 Å². The second kappa shape index (κ2) is 8.22. The second-order valence-corrected chi connectivity index (χ2v) is 7.66. The summed E-state index contributed by atoms with van der Waals surface area (Å²) in [5.41, 5.74) is 2.50. The van der Waals surface area contributed by atoms with Gasteiger partial charge < -0.3 is 5.32 Å². The lowest BCUT2D eigenvalue weighted by molar-refractivity contribution is -0.384. The fraction of sp³-hybridized carbons (Fsp3) is 0.211. The summed E-state index contributed by atoms with van der Waals surface area (Å²) >= 11 is 1.33. The standard InChI is InChI=1S/C19H19N5O3S/c1-12-10-13(2)23(22-12)18-9-4-15(11-20-18)21-19(25)14(3)28-17-7-5-16(6-8-17)24(26)27/h4-11,14H,1-3H3,(H,21,25). The van der Waals surface area contributed by atoms with E-state index in [1.165, 1.54) is 23.9 Å². The first-order chi connectivity index (χ1) is 13.3. The lowest BCUT2D eigenvalue weighted by Gasteiger charge is -2.12. The van der Waals surface area contributed by atoms with E-state index in [2.05, 4.69) is 15.4 Å². The van der Waals surface area contributed by atoms with Gasteiger partial charge in [-0.05, 0) is 51.1 Å². The molecule has 1 N–H and O–H groups in total. The average molecular weight is 397 g/mol. The predicted octanol–water partition coefficient (Wildman–Crippen LogP) is 3.91. The van der Waals surface area contributed by atoms with Gasteiger partial charge in [-0.3, -0.25) is 14.9 Å². The SMILES string of the molecule is Cc1cc(C)n(-c2ccc(NC(=O)C(C)Sc3ccc([N+](=O)[O-])cc3)cn2)n1. The minimum Gasteiger partial charge on any atom is -0.324 e. The minimum absolute atomic E-state index is 0.0234. The Labute approximate surface area is 166 Å². The van der Waals surface area contributed by atoms with Crippen LogP contribution in [-0.2, 0) is 4.79 Å². The molecule has 3 rings (SSSR count). The lowest BCUT2D eigenvalue weighted by Crippen LogP contribution is -2.22. The molecule has 0 aliphatic rings. The largest absolute Gasteiger partial charge is 0.324 e. The number of aryl methyl sites for hydroxylation is 2. The first-order valence-electron chi connectivity index (χ1n) is 8.55.